The smallest absolute Gasteiger partial charge is 0.295 e. The molecule has 0 aliphatic carbocycles. The summed E-state index contributed by atoms with van der Waals surface area (Å²) in [7, 11) is 3.03. The molecule has 0 radical (unpaired) electrons. The van der Waals surface area contributed by atoms with Gasteiger partial charge < -0.3 is 24.4 Å². The minimum absolute atomic E-state index is 0.0206. The highest BCUT2D eigenvalue weighted by molar-refractivity contribution is 6.46. The predicted molar refractivity (Wildman–Crippen MR) is 121 cm³/mol. The van der Waals surface area contributed by atoms with Crippen LogP contribution >= 0.6 is 0 Å². The molecule has 1 aliphatic rings. The number of hydrogen-bond donors (Lipinski definition) is 1. The zero-order valence-corrected chi connectivity index (χ0v) is 18.9. The van der Waals surface area contributed by atoms with Crippen LogP contribution in [0.4, 0.5) is 0 Å². The van der Waals surface area contributed by atoms with E-state index in [1.165, 1.54) is 31.5 Å². The van der Waals surface area contributed by atoms with Gasteiger partial charge in [-0.15, -0.1) is 0 Å². The van der Waals surface area contributed by atoms with Crippen LogP contribution in [0, 0.1) is 0 Å². The second kappa shape index (κ2) is 10.3. The number of aliphatic hydroxyl groups is 1. The minimum Gasteiger partial charge on any atom is -0.507 e. The first-order chi connectivity index (χ1) is 15.5. The summed E-state index contributed by atoms with van der Waals surface area (Å²) < 4.78 is 11.0. The summed E-state index contributed by atoms with van der Waals surface area (Å²) in [5.74, 6) is -0.735. The van der Waals surface area contributed by atoms with E-state index in [4.69, 9.17) is 9.47 Å². The van der Waals surface area contributed by atoms with Crippen molar-refractivity contribution in [3.8, 4) is 11.5 Å². The van der Waals surface area contributed by atoms with Crippen LogP contribution in [0.5, 0.6) is 11.5 Å². The van der Waals surface area contributed by atoms with Crippen LogP contribution in [0.3, 0.4) is 0 Å². The zero-order valence-electron chi connectivity index (χ0n) is 18.9. The van der Waals surface area contributed by atoms with Gasteiger partial charge in [-0.05, 0) is 31.3 Å². The van der Waals surface area contributed by atoms with Crippen LogP contribution in [-0.2, 0) is 9.59 Å². The second-order valence-electron chi connectivity index (χ2n) is 7.34. The molecule has 1 amide bonds. The van der Waals surface area contributed by atoms with E-state index in [-0.39, 0.29) is 11.3 Å². The van der Waals surface area contributed by atoms with Gasteiger partial charge >= 0.3 is 0 Å². The van der Waals surface area contributed by atoms with Crippen LogP contribution in [0.25, 0.3) is 5.76 Å². The van der Waals surface area contributed by atoms with E-state index in [9.17, 15) is 14.7 Å². The van der Waals surface area contributed by atoms with Gasteiger partial charge in [0.2, 0.25) is 0 Å². The molecule has 0 spiro atoms. The van der Waals surface area contributed by atoms with Crippen molar-refractivity contribution in [2.75, 3.05) is 40.4 Å². The lowest BCUT2D eigenvalue weighted by Crippen LogP contribution is -2.38. The molecule has 170 valence electrons. The van der Waals surface area contributed by atoms with Crippen molar-refractivity contribution >= 4 is 17.4 Å². The largest absolute Gasteiger partial charge is 0.507 e. The average molecular weight is 440 g/mol. The topological polar surface area (TPSA) is 92.2 Å². The number of nitrogens with zero attached hydrogens (tertiary/aromatic N) is 3. The van der Waals surface area contributed by atoms with Crippen molar-refractivity contribution in [3.05, 3.63) is 59.4 Å². The molecule has 1 aromatic carbocycles. The zero-order chi connectivity index (χ0) is 23.3. The molecule has 1 N–H and O–H groups in total. The molecule has 1 aliphatic heterocycles. The van der Waals surface area contributed by atoms with Crippen LogP contribution in [0.2, 0.25) is 0 Å². The fourth-order valence-corrected chi connectivity index (χ4v) is 4.02. The Bertz CT molecular complexity index is 1000. The van der Waals surface area contributed by atoms with Crippen LogP contribution in [-0.4, -0.2) is 72.0 Å². The molecule has 1 fully saturated rings. The number of carbonyl (C=O) groups excluding carboxylic acids is 2. The number of carbonyl (C=O) groups is 2. The summed E-state index contributed by atoms with van der Waals surface area (Å²) in [6.45, 7) is 6.66. The number of hydrogen-bond acceptors (Lipinski definition) is 7. The fraction of sp³-hybridized carbons (Fsp3) is 0.375. The molecule has 1 atom stereocenters. The molecular formula is C24H29N3O5. The van der Waals surface area contributed by atoms with Crippen LogP contribution in [0.1, 0.15) is 31.0 Å². The van der Waals surface area contributed by atoms with Gasteiger partial charge in [0.25, 0.3) is 11.7 Å². The van der Waals surface area contributed by atoms with E-state index in [0.29, 0.717) is 35.7 Å². The number of aliphatic hydroxyl groups excluding tert-OH is 1. The Labute approximate surface area is 188 Å². The number of Topliss-reactive ketones (excluding diaryl/α,β-unsaturated/α-hetero) is 1. The lowest BCUT2D eigenvalue weighted by molar-refractivity contribution is -0.140. The number of likely N-dealkylation sites (N-methyl/N-ethyl adjacent to an activating group) is 1. The predicted octanol–water partition coefficient (Wildman–Crippen LogP) is 2.86. The number of amides is 1. The highest BCUT2D eigenvalue weighted by atomic mass is 16.5. The molecule has 1 saturated heterocycles. The Kier molecular flexibility index (Phi) is 7.48. The van der Waals surface area contributed by atoms with E-state index >= 15 is 0 Å². The molecule has 0 bridgehead atoms. The summed E-state index contributed by atoms with van der Waals surface area (Å²) in [6, 6.07) is 7.67. The summed E-state index contributed by atoms with van der Waals surface area (Å²) >= 11 is 0. The van der Waals surface area contributed by atoms with Crippen molar-refractivity contribution in [3.63, 3.8) is 0 Å². The maximum absolute atomic E-state index is 13.1. The third-order valence-electron chi connectivity index (χ3n) is 5.77. The summed E-state index contributed by atoms with van der Waals surface area (Å²) in [5.41, 5.74) is 1.00. The quantitative estimate of drug-likeness (QED) is 0.365. The molecule has 8 nitrogen and oxygen atoms in total. The first kappa shape index (κ1) is 23.3. The van der Waals surface area contributed by atoms with Crippen LogP contribution < -0.4 is 9.47 Å². The Balaban J connectivity index is 2.19. The Morgan fingerprint density at radius 2 is 1.78 bits per heavy atom. The molecule has 1 aromatic heterocycles. The Morgan fingerprint density at radius 3 is 2.38 bits per heavy atom. The van der Waals surface area contributed by atoms with Crippen molar-refractivity contribution in [1.29, 1.82) is 0 Å². The van der Waals surface area contributed by atoms with Gasteiger partial charge in [0.1, 0.15) is 5.76 Å². The summed E-state index contributed by atoms with van der Waals surface area (Å²) in [4.78, 5) is 33.9. The standard InChI is InChI=1S/C24H29N3O5/c1-5-26(6-2)14-15-27-20(17-8-7-9-18(31-3)23(17)32-4)19(22(29)24(27)30)21(28)16-10-12-25-13-11-16/h7-13,20,28H,5-6,14-15H2,1-4H3/b21-19-. The van der Waals surface area contributed by atoms with Crippen molar-refractivity contribution < 1.29 is 24.2 Å². The molecule has 2 heterocycles. The molecule has 2 aromatic rings. The number of aromatic nitrogens is 1. The maximum Gasteiger partial charge on any atom is 0.295 e. The SMILES string of the molecule is CCN(CC)CCN1C(=O)C(=O)/C(=C(\O)c2ccncc2)C1c1cccc(OC)c1OC. The number of likely N-dealkylation sites (tertiary alicyclic amines) is 1. The van der Waals surface area contributed by atoms with E-state index in [1.807, 2.05) is 13.8 Å². The number of rotatable bonds is 9. The number of pyridine rings is 1. The van der Waals surface area contributed by atoms with Crippen molar-refractivity contribution in [1.82, 2.24) is 14.8 Å². The monoisotopic (exact) mass is 439 g/mol. The number of methoxy groups -OCH3 is 2. The van der Waals surface area contributed by atoms with Crippen molar-refractivity contribution in [2.45, 2.75) is 19.9 Å². The van der Waals surface area contributed by atoms with E-state index in [1.54, 1.807) is 30.3 Å². The number of benzene rings is 1. The first-order valence-electron chi connectivity index (χ1n) is 10.6. The highest BCUT2D eigenvalue weighted by Gasteiger charge is 2.47. The lowest BCUT2D eigenvalue weighted by atomic mass is 9.94. The second-order valence-corrected chi connectivity index (χ2v) is 7.34. The van der Waals surface area contributed by atoms with Gasteiger partial charge in [0, 0.05) is 36.6 Å². The van der Waals surface area contributed by atoms with Crippen molar-refractivity contribution in [2.24, 2.45) is 0 Å². The third-order valence-corrected chi connectivity index (χ3v) is 5.77. The molecule has 0 saturated carbocycles. The third kappa shape index (κ3) is 4.31. The van der Waals surface area contributed by atoms with Gasteiger partial charge in [-0.2, -0.15) is 0 Å². The summed E-state index contributed by atoms with van der Waals surface area (Å²) in [5, 5.41) is 11.1. The lowest BCUT2D eigenvalue weighted by Gasteiger charge is -2.29. The molecule has 3 rings (SSSR count). The fourth-order valence-electron chi connectivity index (χ4n) is 4.02. The molecule has 1 unspecified atom stereocenters. The molecule has 32 heavy (non-hydrogen) atoms. The highest BCUT2D eigenvalue weighted by Crippen LogP contribution is 2.45. The number of ether oxygens (including phenoxy) is 2. The normalized spacial score (nSPS) is 17.8. The Morgan fingerprint density at radius 1 is 1.09 bits per heavy atom. The number of para-hydroxylation sites is 1. The molecule has 8 heteroatoms. The number of ketones is 1. The van der Waals surface area contributed by atoms with E-state index in [0.717, 1.165) is 13.1 Å². The first-order valence-corrected chi connectivity index (χ1v) is 10.6. The van der Waals surface area contributed by atoms with Gasteiger partial charge in [-0.25, -0.2) is 0 Å². The van der Waals surface area contributed by atoms with Gasteiger partial charge in [0.15, 0.2) is 11.5 Å². The van der Waals surface area contributed by atoms with Crippen LogP contribution in [0.15, 0.2) is 48.3 Å². The van der Waals surface area contributed by atoms with E-state index < -0.39 is 17.7 Å². The van der Waals surface area contributed by atoms with Gasteiger partial charge in [-0.1, -0.05) is 26.0 Å². The summed E-state index contributed by atoms with van der Waals surface area (Å²) in [6.07, 6.45) is 3.04. The van der Waals surface area contributed by atoms with Gasteiger partial charge in [0.05, 0.1) is 25.8 Å². The maximum atomic E-state index is 13.1. The van der Waals surface area contributed by atoms with E-state index in [2.05, 4.69) is 9.88 Å². The van der Waals surface area contributed by atoms with Gasteiger partial charge in [-0.3, -0.25) is 14.6 Å². The molecular weight excluding hydrogens is 410 g/mol. The Hall–Kier alpha value is -3.39. The minimum atomic E-state index is -0.816. The average Bonchev–Trinajstić information content (AvgIpc) is 3.08.